The normalized spacial score (nSPS) is 10.7. The Hall–Kier alpha value is -2.48. The summed E-state index contributed by atoms with van der Waals surface area (Å²) in [6.45, 7) is 2.77. The summed E-state index contributed by atoms with van der Waals surface area (Å²) in [6.07, 6.45) is 4.30. The highest BCUT2D eigenvalue weighted by Crippen LogP contribution is 2.27. The molecule has 0 aliphatic heterocycles. The van der Waals surface area contributed by atoms with Gasteiger partial charge < -0.3 is 10.1 Å². The van der Waals surface area contributed by atoms with Crippen LogP contribution in [-0.2, 0) is 13.5 Å². The molecule has 0 fully saturated rings. The molecule has 0 aliphatic rings. The molecule has 0 atom stereocenters. The number of anilines is 1. The van der Waals surface area contributed by atoms with Crippen LogP contribution < -0.4 is 10.1 Å². The second-order valence-electron chi connectivity index (χ2n) is 4.99. The Labute approximate surface area is 138 Å². The van der Waals surface area contributed by atoms with E-state index in [2.05, 4.69) is 25.4 Å². The van der Waals surface area contributed by atoms with Gasteiger partial charge in [-0.2, -0.15) is 5.10 Å². The number of hydrogen-bond acceptors (Lipinski definition) is 7. The van der Waals surface area contributed by atoms with Crippen molar-refractivity contribution < 1.29 is 4.74 Å². The molecule has 23 heavy (non-hydrogen) atoms. The molecular weight excluding hydrogens is 312 g/mol. The van der Waals surface area contributed by atoms with Crippen LogP contribution in [0, 0.1) is 6.92 Å². The minimum atomic E-state index is 0.573. The Bertz CT molecular complexity index is 797. The van der Waals surface area contributed by atoms with Gasteiger partial charge in [0.1, 0.15) is 5.69 Å². The number of rotatable bonds is 6. The number of nitrogens with one attached hydrogen (secondary N) is 1. The zero-order chi connectivity index (χ0) is 16.2. The summed E-state index contributed by atoms with van der Waals surface area (Å²) >= 11 is 1.67. The molecule has 1 N–H and O–H groups in total. The summed E-state index contributed by atoms with van der Waals surface area (Å²) in [5, 5.41) is 7.43. The summed E-state index contributed by atoms with van der Waals surface area (Å²) in [6, 6.07) is 1.90. The molecule has 0 spiro atoms. The first kappa shape index (κ1) is 15.4. The molecule has 3 heterocycles. The maximum absolute atomic E-state index is 5.36. The maximum Gasteiger partial charge on any atom is 0.223 e. The zero-order valence-electron chi connectivity index (χ0n) is 13.3. The highest BCUT2D eigenvalue weighted by atomic mass is 32.1. The number of aromatic nitrogens is 5. The molecular formula is C15H18N6OS. The van der Waals surface area contributed by atoms with E-state index in [1.165, 1.54) is 4.88 Å². The average Bonchev–Trinajstić information content (AvgIpc) is 3.16. The SMILES string of the molecule is COc1cnc(NCCc2scnc2C)nc1-c1ccnn1C. The number of methoxy groups -OCH3 is 1. The lowest BCUT2D eigenvalue weighted by Gasteiger charge is -2.10. The van der Waals surface area contributed by atoms with Gasteiger partial charge in [-0.05, 0) is 13.0 Å². The average molecular weight is 330 g/mol. The quantitative estimate of drug-likeness (QED) is 0.747. The van der Waals surface area contributed by atoms with Gasteiger partial charge in [0.15, 0.2) is 5.75 Å². The van der Waals surface area contributed by atoms with E-state index in [4.69, 9.17) is 4.74 Å². The lowest BCUT2D eigenvalue weighted by molar-refractivity contribution is 0.412. The number of thiazole rings is 1. The Kier molecular flexibility index (Phi) is 4.52. The van der Waals surface area contributed by atoms with Crippen LogP contribution in [0.3, 0.4) is 0 Å². The second kappa shape index (κ2) is 6.74. The van der Waals surface area contributed by atoms with Gasteiger partial charge in [-0.25, -0.2) is 15.0 Å². The van der Waals surface area contributed by atoms with Gasteiger partial charge >= 0.3 is 0 Å². The molecule has 120 valence electrons. The summed E-state index contributed by atoms with van der Waals surface area (Å²) in [5.74, 6) is 1.20. The minimum absolute atomic E-state index is 0.573. The van der Waals surface area contributed by atoms with Gasteiger partial charge in [-0.3, -0.25) is 4.68 Å². The van der Waals surface area contributed by atoms with Crippen molar-refractivity contribution in [2.24, 2.45) is 7.05 Å². The van der Waals surface area contributed by atoms with Crippen molar-refractivity contribution in [1.29, 1.82) is 0 Å². The van der Waals surface area contributed by atoms with Gasteiger partial charge in [-0.1, -0.05) is 0 Å². The molecule has 0 saturated heterocycles. The van der Waals surface area contributed by atoms with Crippen molar-refractivity contribution in [2.45, 2.75) is 13.3 Å². The van der Waals surface area contributed by atoms with Gasteiger partial charge in [0.05, 0.1) is 30.2 Å². The lowest BCUT2D eigenvalue weighted by Crippen LogP contribution is -2.09. The predicted molar refractivity (Wildman–Crippen MR) is 89.8 cm³/mol. The Morgan fingerprint density at radius 3 is 2.87 bits per heavy atom. The van der Waals surface area contributed by atoms with Crippen LogP contribution in [0.2, 0.25) is 0 Å². The van der Waals surface area contributed by atoms with E-state index in [-0.39, 0.29) is 0 Å². The first-order valence-electron chi connectivity index (χ1n) is 7.21. The van der Waals surface area contributed by atoms with Crippen LogP contribution in [0.1, 0.15) is 10.6 Å². The fraction of sp³-hybridized carbons (Fsp3) is 0.333. The largest absolute Gasteiger partial charge is 0.493 e. The highest BCUT2D eigenvalue weighted by molar-refractivity contribution is 7.09. The zero-order valence-corrected chi connectivity index (χ0v) is 14.1. The van der Waals surface area contributed by atoms with E-state index in [9.17, 15) is 0 Å². The molecule has 3 aromatic heterocycles. The predicted octanol–water partition coefficient (Wildman–Crippen LogP) is 2.31. The molecule has 3 rings (SSSR count). The van der Waals surface area contributed by atoms with Crippen molar-refractivity contribution in [1.82, 2.24) is 24.7 Å². The van der Waals surface area contributed by atoms with E-state index in [1.807, 2.05) is 25.5 Å². The van der Waals surface area contributed by atoms with Crippen molar-refractivity contribution in [3.63, 3.8) is 0 Å². The Morgan fingerprint density at radius 1 is 1.35 bits per heavy atom. The third-order valence-corrected chi connectivity index (χ3v) is 4.51. The monoisotopic (exact) mass is 330 g/mol. The number of hydrogen-bond donors (Lipinski definition) is 1. The van der Waals surface area contributed by atoms with Crippen molar-refractivity contribution >= 4 is 17.3 Å². The fourth-order valence-corrected chi connectivity index (χ4v) is 3.03. The van der Waals surface area contributed by atoms with Crippen molar-refractivity contribution in [3.05, 3.63) is 34.5 Å². The molecule has 0 aromatic carbocycles. The molecule has 0 amide bonds. The third-order valence-electron chi connectivity index (χ3n) is 3.52. The smallest absolute Gasteiger partial charge is 0.223 e. The van der Waals surface area contributed by atoms with E-state index >= 15 is 0 Å². The van der Waals surface area contributed by atoms with Gasteiger partial charge in [0, 0.05) is 31.1 Å². The molecule has 0 bridgehead atoms. The fourth-order valence-electron chi connectivity index (χ4n) is 2.25. The van der Waals surface area contributed by atoms with Crippen LogP contribution in [-0.4, -0.2) is 38.4 Å². The first-order valence-corrected chi connectivity index (χ1v) is 8.09. The minimum Gasteiger partial charge on any atom is -0.493 e. The van der Waals surface area contributed by atoms with Crippen LogP contribution >= 0.6 is 11.3 Å². The van der Waals surface area contributed by atoms with E-state index in [0.29, 0.717) is 11.7 Å². The molecule has 0 saturated carbocycles. The molecule has 7 nitrogen and oxygen atoms in total. The van der Waals surface area contributed by atoms with Crippen LogP contribution in [0.25, 0.3) is 11.4 Å². The van der Waals surface area contributed by atoms with Gasteiger partial charge in [0.25, 0.3) is 0 Å². The summed E-state index contributed by atoms with van der Waals surface area (Å²) < 4.78 is 7.12. The number of aryl methyl sites for hydroxylation is 2. The number of nitrogens with zero attached hydrogens (tertiary/aromatic N) is 5. The highest BCUT2D eigenvalue weighted by Gasteiger charge is 2.13. The Morgan fingerprint density at radius 2 is 2.22 bits per heavy atom. The topological polar surface area (TPSA) is 77.8 Å². The summed E-state index contributed by atoms with van der Waals surface area (Å²) in [7, 11) is 3.48. The third kappa shape index (κ3) is 3.31. The lowest BCUT2D eigenvalue weighted by atomic mass is 10.3. The van der Waals surface area contributed by atoms with Gasteiger partial charge in [-0.15, -0.1) is 11.3 Å². The van der Waals surface area contributed by atoms with Crippen LogP contribution in [0.5, 0.6) is 5.75 Å². The Balaban J connectivity index is 1.76. The molecule has 8 heteroatoms. The standard InChI is InChI=1S/C15H18N6OS/c1-10-13(23-9-18-10)5-6-16-15-17-8-12(22-3)14(20-15)11-4-7-19-21(11)2/h4,7-9H,5-6H2,1-3H3,(H,16,17,20). The molecule has 3 aromatic rings. The van der Waals surface area contributed by atoms with Crippen LogP contribution in [0.4, 0.5) is 5.95 Å². The maximum atomic E-state index is 5.36. The van der Waals surface area contributed by atoms with E-state index < -0.39 is 0 Å². The van der Waals surface area contributed by atoms with Gasteiger partial charge in [0.2, 0.25) is 5.95 Å². The number of ether oxygens (including phenoxy) is 1. The van der Waals surface area contributed by atoms with E-state index in [0.717, 1.165) is 30.0 Å². The molecule has 0 unspecified atom stereocenters. The van der Waals surface area contributed by atoms with E-state index in [1.54, 1.807) is 35.5 Å². The van der Waals surface area contributed by atoms with Crippen molar-refractivity contribution in [2.75, 3.05) is 19.0 Å². The van der Waals surface area contributed by atoms with Crippen LogP contribution in [0.15, 0.2) is 24.0 Å². The second-order valence-corrected chi connectivity index (χ2v) is 5.93. The summed E-state index contributed by atoms with van der Waals surface area (Å²) in [4.78, 5) is 14.4. The first-order chi connectivity index (χ1) is 11.2. The molecule has 0 aliphatic carbocycles. The van der Waals surface area contributed by atoms with Crippen molar-refractivity contribution in [3.8, 4) is 17.1 Å². The molecule has 0 radical (unpaired) electrons. The summed E-state index contributed by atoms with van der Waals surface area (Å²) in [5.41, 5.74) is 4.56.